The van der Waals surface area contributed by atoms with Gasteiger partial charge >= 0.3 is 0 Å². The number of amides is 2. The van der Waals surface area contributed by atoms with Gasteiger partial charge in [0.05, 0.1) is 32.3 Å². The molecule has 0 aromatic carbocycles. The van der Waals surface area contributed by atoms with E-state index in [9.17, 15) is 9.59 Å². The van der Waals surface area contributed by atoms with Crippen molar-refractivity contribution in [2.24, 2.45) is 11.8 Å². The van der Waals surface area contributed by atoms with E-state index in [1.54, 1.807) is 22.7 Å². The Hall–Kier alpha value is -2.18. The van der Waals surface area contributed by atoms with Crippen LogP contribution in [-0.2, 0) is 9.59 Å². The van der Waals surface area contributed by atoms with E-state index < -0.39 is 0 Å². The molecule has 4 rings (SSSR count). The number of hydrogen-bond acceptors (Lipinski definition) is 4. The molecule has 0 bridgehead atoms. The van der Waals surface area contributed by atoms with Gasteiger partial charge in [-0.3, -0.25) is 9.59 Å². The maximum atomic E-state index is 14.9. The van der Waals surface area contributed by atoms with Gasteiger partial charge in [0.25, 0.3) is 11.8 Å². The molecule has 6 heteroatoms. The van der Waals surface area contributed by atoms with Gasteiger partial charge in [-0.15, -0.1) is 22.7 Å². The van der Waals surface area contributed by atoms with E-state index in [2.05, 4.69) is 72.5 Å². The lowest BCUT2D eigenvalue weighted by Crippen LogP contribution is -2.34. The lowest BCUT2D eigenvalue weighted by Gasteiger charge is -2.29. The van der Waals surface area contributed by atoms with Gasteiger partial charge < -0.3 is 9.80 Å². The van der Waals surface area contributed by atoms with Crippen molar-refractivity contribution >= 4 is 45.9 Å². The van der Waals surface area contributed by atoms with Crippen molar-refractivity contribution in [3.63, 3.8) is 0 Å². The van der Waals surface area contributed by atoms with Crippen LogP contribution >= 0.6 is 22.7 Å². The molecule has 0 saturated heterocycles. The van der Waals surface area contributed by atoms with Crippen LogP contribution in [0, 0.1) is 11.8 Å². The Morgan fingerprint density at radius 3 is 1.08 bits per heavy atom. The molecule has 0 saturated carbocycles. The number of nitrogens with zero attached hydrogens (tertiary/aromatic N) is 2. The van der Waals surface area contributed by atoms with Crippen LogP contribution in [0.15, 0.2) is 46.2 Å². The zero-order chi connectivity index (χ0) is 37.0. The van der Waals surface area contributed by atoms with Crippen molar-refractivity contribution < 1.29 is 9.59 Å². The molecule has 0 radical (unpaired) electrons. The summed E-state index contributed by atoms with van der Waals surface area (Å²) in [6, 6.07) is 8.38. The Labute approximate surface area is 326 Å². The molecule has 0 fully saturated rings. The normalized spacial score (nSPS) is 15.8. The zero-order valence-electron chi connectivity index (χ0n) is 33.5. The molecule has 2 atom stereocenters. The van der Waals surface area contributed by atoms with Gasteiger partial charge in [-0.25, -0.2) is 0 Å². The summed E-state index contributed by atoms with van der Waals surface area (Å²) in [5, 5.41) is 4.19. The van der Waals surface area contributed by atoms with Gasteiger partial charge in [-0.1, -0.05) is 168 Å². The van der Waals surface area contributed by atoms with Crippen LogP contribution in [0.2, 0.25) is 0 Å². The molecular weight excluding hydrogens is 677 g/mol. The monoisotopic (exact) mass is 749 g/mol. The van der Waals surface area contributed by atoms with Crippen LogP contribution in [-0.4, -0.2) is 34.7 Å². The highest BCUT2D eigenvalue weighted by Gasteiger charge is 2.49. The van der Waals surface area contributed by atoms with Gasteiger partial charge in [0.2, 0.25) is 0 Å². The highest BCUT2D eigenvalue weighted by atomic mass is 32.1. The van der Waals surface area contributed by atoms with Gasteiger partial charge in [-0.05, 0) is 60.4 Å². The molecule has 2 aliphatic rings. The lowest BCUT2D eigenvalue weighted by molar-refractivity contribution is -0.124. The first kappa shape index (κ1) is 42.6. The number of rotatable bonds is 30. The average molecular weight is 749 g/mol. The second-order valence-electron chi connectivity index (χ2n) is 15.8. The molecular formula is C46H72N2O2S2. The molecule has 52 heavy (non-hydrogen) atoms. The molecule has 2 aromatic heterocycles. The van der Waals surface area contributed by atoms with E-state index in [0.717, 1.165) is 46.8 Å². The van der Waals surface area contributed by atoms with E-state index in [4.69, 9.17) is 0 Å². The number of carbonyl (C=O) groups excluding carboxylic acids is 2. The predicted molar refractivity (Wildman–Crippen MR) is 226 cm³/mol. The second-order valence-corrected chi connectivity index (χ2v) is 17.7. The van der Waals surface area contributed by atoms with Crippen molar-refractivity contribution in [1.29, 1.82) is 0 Å². The Bertz CT molecular complexity index is 1250. The highest BCUT2D eigenvalue weighted by Crippen LogP contribution is 2.49. The SMILES string of the molecule is CCCCCCCC[C@@H](CCCCCC)CN1C(=O)C2=C(c3cccs3)N(C[C@@H](CCCCCC)CCCCCCCC)C(=O)C2=C1c1cccs1. The Kier molecular flexibility index (Phi) is 19.9. The molecule has 2 amide bonds. The van der Waals surface area contributed by atoms with E-state index in [0.29, 0.717) is 36.1 Å². The van der Waals surface area contributed by atoms with Crippen LogP contribution in [0.25, 0.3) is 11.4 Å². The van der Waals surface area contributed by atoms with Crippen LogP contribution in [0.4, 0.5) is 0 Å². The lowest BCUT2D eigenvalue weighted by atomic mass is 9.93. The van der Waals surface area contributed by atoms with Gasteiger partial charge in [0.1, 0.15) is 0 Å². The Morgan fingerprint density at radius 1 is 0.462 bits per heavy atom. The fraction of sp³-hybridized carbons (Fsp3) is 0.696. The van der Waals surface area contributed by atoms with Crippen LogP contribution in [0.1, 0.15) is 192 Å². The molecule has 0 unspecified atom stereocenters. The van der Waals surface area contributed by atoms with Crippen LogP contribution in [0.3, 0.4) is 0 Å². The standard InChI is InChI=1S/C46H72N2O2S2/c1-5-9-13-17-19-23-29-37(27-21-15-11-7-3)35-47-43(39-31-25-33-51-39)41-42(45(47)49)44(40-32-26-34-52-40)48(46(41)50)36-38(28-22-16-12-8-4)30-24-20-18-14-10-6-2/h25-26,31-34,37-38H,5-24,27-30,35-36H2,1-4H3/t37-,38+. The van der Waals surface area contributed by atoms with Crippen molar-refractivity contribution in [1.82, 2.24) is 9.80 Å². The Balaban J connectivity index is 1.63. The molecule has 2 aliphatic heterocycles. The van der Waals surface area contributed by atoms with E-state index >= 15 is 0 Å². The number of thiophene rings is 2. The molecule has 0 N–H and O–H groups in total. The third-order valence-corrected chi connectivity index (χ3v) is 13.2. The first-order valence-corrected chi connectivity index (χ1v) is 23.5. The minimum absolute atomic E-state index is 0.0505. The minimum Gasteiger partial charge on any atom is -0.306 e. The summed E-state index contributed by atoms with van der Waals surface area (Å²) >= 11 is 3.33. The first-order chi connectivity index (χ1) is 25.5. The topological polar surface area (TPSA) is 40.6 Å². The minimum atomic E-state index is 0.0505. The summed E-state index contributed by atoms with van der Waals surface area (Å²) in [5.74, 6) is 0.996. The average Bonchev–Trinajstić information content (AvgIpc) is 3.96. The summed E-state index contributed by atoms with van der Waals surface area (Å²) in [6.07, 6.45) is 30.1. The molecule has 0 spiro atoms. The second kappa shape index (κ2) is 24.3. The van der Waals surface area contributed by atoms with E-state index in [1.165, 1.54) is 128 Å². The summed E-state index contributed by atoms with van der Waals surface area (Å²) in [4.78, 5) is 36.1. The fourth-order valence-corrected chi connectivity index (χ4v) is 9.97. The number of carbonyl (C=O) groups is 2. The molecule has 2 aromatic rings. The van der Waals surface area contributed by atoms with Gasteiger partial charge in [-0.2, -0.15) is 0 Å². The summed E-state index contributed by atoms with van der Waals surface area (Å²) in [6.45, 7) is 10.5. The smallest absolute Gasteiger partial charge is 0.261 e. The third kappa shape index (κ3) is 12.4. The summed E-state index contributed by atoms with van der Waals surface area (Å²) in [5.41, 5.74) is 3.11. The number of unbranched alkanes of at least 4 members (excludes halogenated alkanes) is 16. The molecule has 4 heterocycles. The molecule has 0 aliphatic carbocycles. The van der Waals surface area contributed by atoms with E-state index in [-0.39, 0.29) is 11.8 Å². The van der Waals surface area contributed by atoms with Gasteiger partial charge in [0, 0.05) is 13.1 Å². The van der Waals surface area contributed by atoms with Crippen molar-refractivity contribution in [3.05, 3.63) is 55.9 Å². The maximum Gasteiger partial charge on any atom is 0.261 e. The van der Waals surface area contributed by atoms with Gasteiger partial charge in [0.15, 0.2) is 0 Å². The Morgan fingerprint density at radius 2 is 0.769 bits per heavy atom. The number of fused-ring (bicyclic) bond motifs is 1. The molecule has 290 valence electrons. The first-order valence-electron chi connectivity index (χ1n) is 21.8. The molecule has 4 nitrogen and oxygen atoms in total. The maximum absolute atomic E-state index is 14.9. The zero-order valence-corrected chi connectivity index (χ0v) is 35.2. The van der Waals surface area contributed by atoms with Crippen LogP contribution in [0.5, 0.6) is 0 Å². The van der Waals surface area contributed by atoms with Crippen molar-refractivity contribution in [3.8, 4) is 0 Å². The predicted octanol–water partition coefficient (Wildman–Crippen LogP) is 14.3. The largest absolute Gasteiger partial charge is 0.306 e. The quantitative estimate of drug-likeness (QED) is 0.0747. The fourth-order valence-electron chi connectivity index (χ4n) is 8.40. The summed E-state index contributed by atoms with van der Waals surface area (Å²) in [7, 11) is 0. The van der Waals surface area contributed by atoms with E-state index in [1.807, 2.05) is 0 Å². The third-order valence-electron chi connectivity index (χ3n) is 11.4. The number of hydrogen-bond donors (Lipinski definition) is 0. The van der Waals surface area contributed by atoms with Crippen LogP contribution < -0.4 is 0 Å². The summed E-state index contributed by atoms with van der Waals surface area (Å²) < 4.78 is 0. The van der Waals surface area contributed by atoms with Crippen molar-refractivity contribution in [2.75, 3.05) is 13.1 Å². The highest BCUT2D eigenvalue weighted by molar-refractivity contribution is 7.11. The van der Waals surface area contributed by atoms with Crippen molar-refractivity contribution in [2.45, 2.75) is 182 Å².